The summed E-state index contributed by atoms with van der Waals surface area (Å²) in [6.07, 6.45) is 1.79. The lowest BCUT2D eigenvalue weighted by Crippen LogP contribution is -2.48. The third-order valence-corrected chi connectivity index (χ3v) is 4.81. The van der Waals surface area contributed by atoms with Gasteiger partial charge in [-0.2, -0.15) is 0 Å². The predicted molar refractivity (Wildman–Crippen MR) is 96.7 cm³/mol. The number of piperidine rings is 1. The molecular weight excluding hydrogens is 320 g/mol. The number of H-pyrrole nitrogens is 1. The number of rotatable bonds is 4. The smallest absolute Gasteiger partial charge is 0.273 e. The molecule has 0 radical (unpaired) electrons. The van der Waals surface area contributed by atoms with Crippen LogP contribution in [0.4, 0.5) is 0 Å². The van der Waals surface area contributed by atoms with Crippen molar-refractivity contribution in [3.8, 4) is 0 Å². The summed E-state index contributed by atoms with van der Waals surface area (Å²) in [5, 5.41) is 6.12. The van der Waals surface area contributed by atoms with Crippen LogP contribution >= 0.6 is 0 Å². The molecule has 0 bridgehead atoms. The number of fused-ring (bicyclic) bond motifs is 1. The van der Waals surface area contributed by atoms with E-state index in [2.05, 4.69) is 29.2 Å². The molecule has 1 aromatic carbocycles. The van der Waals surface area contributed by atoms with E-state index in [0.717, 1.165) is 30.6 Å². The van der Waals surface area contributed by atoms with Gasteiger partial charge in [0.2, 0.25) is 5.91 Å². The summed E-state index contributed by atoms with van der Waals surface area (Å²) in [6.45, 7) is 6.07. The van der Waals surface area contributed by atoms with Gasteiger partial charge in [0, 0.05) is 25.2 Å². The Labute approximate surface area is 145 Å². The second-order valence-electron chi connectivity index (χ2n) is 6.85. The largest absolute Gasteiger partial charge is 0.352 e. The first-order chi connectivity index (χ1) is 12.0. The van der Waals surface area contributed by atoms with Crippen LogP contribution in [-0.4, -0.2) is 45.8 Å². The van der Waals surface area contributed by atoms with Crippen LogP contribution in [0.1, 0.15) is 26.7 Å². The minimum Gasteiger partial charge on any atom is -0.352 e. The summed E-state index contributed by atoms with van der Waals surface area (Å²) in [5.41, 5.74) is -0.729. The average molecular weight is 344 g/mol. The van der Waals surface area contributed by atoms with Crippen LogP contribution < -0.4 is 16.4 Å². The summed E-state index contributed by atoms with van der Waals surface area (Å²) < 4.78 is 1.09. The first-order valence-electron chi connectivity index (χ1n) is 8.71. The maximum absolute atomic E-state index is 12.4. The van der Waals surface area contributed by atoms with E-state index < -0.39 is 0 Å². The molecule has 3 rings (SSSR count). The van der Waals surface area contributed by atoms with Gasteiger partial charge in [0.25, 0.3) is 11.1 Å². The number of likely N-dealkylation sites (tertiary alicyclic amines) is 1. The molecule has 1 fully saturated rings. The van der Waals surface area contributed by atoms with Crippen molar-refractivity contribution >= 4 is 16.7 Å². The number of amides is 1. The summed E-state index contributed by atoms with van der Waals surface area (Å²) >= 11 is 0. The number of hydrogen-bond donors (Lipinski definition) is 2. The molecule has 0 aliphatic carbocycles. The standard InChI is InChI=1S/C18H24N4O3/c1-12(2)21-9-7-13(8-10-21)19-16(23)11-22-18(25)15-6-4-3-5-14(15)17(24)20-22/h3-6,12-13H,7-11H2,1-2H3,(H,19,23)(H,20,24). The Bertz CT molecular complexity index is 876. The molecule has 0 spiro atoms. The molecule has 0 unspecified atom stereocenters. The fraction of sp³-hybridized carbons (Fsp3) is 0.500. The second-order valence-corrected chi connectivity index (χ2v) is 6.85. The highest BCUT2D eigenvalue weighted by Gasteiger charge is 2.22. The minimum atomic E-state index is -0.367. The van der Waals surface area contributed by atoms with E-state index in [1.54, 1.807) is 24.3 Å². The van der Waals surface area contributed by atoms with Crippen molar-refractivity contribution in [3.05, 3.63) is 45.0 Å². The number of hydrogen-bond acceptors (Lipinski definition) is 4. The van der Waals surface area contributed by atoms with E-state index in [4.69, 9.17) is 0 Å². The van der Waals surface area contributed by atoms with Crippen molar-refractivity contribution in [1.82, 2.24) is 20.0 Å². The van der Waals surface area contributed by atoms with Gasteiger partial charge in [0.15, 0.2) is 0 Å². The van der Waals surface area contributed by atoms with Crippen LogP contribution in [-0.2, 0) is 11.3 Å². The highest BCUT2D eigenvalue weighted by atomic mass is 16.2. The van der Waals surface area contributed by atoms with Gasteiger partial charge in [-0.1, -0.05) is 12.1 Å². The third-order valence-electron chi connectivity index (χ3n) is 4.81. The fourth-order valence-corrected chi connectivity index (χ4v) is 3.34. The van der Waals surface area contributed by atoms with Gasteiger partial charge in [0.1, 0.15) is 6.54 Å². The van der Waals surface area contributed by atoms with E-state index in [1.807, 2.05) is 0 Å². The van der Waals surface area contributed by atoms with E-state index in [-0.39, 0.29) is 29.6 Å². The molecule has 2 aromatic rings. The van der Waals surface area contributed by atoms with Crippen molar-refractivity contribution in [3.63, 3.8) is 0 Å². The Morgan fingerprint density at radius 2 is 1.84 bits per heavy atom. The summed E-state index contributed by atoms with van der Waals surface area (Å²) in [6, 6.07) is 7.24. The molecule has 1 amide bonds. The Kier molecular flexibility index (Phi) is 5.03. The van der Waals surface area contributed by atoms with Crippen molar-refractivity contribution in [2.24, 2.45) is 0 Å². The zero-order chi connectivity index (χ0) is 18.0. The normalized spacial score (nSPS) is 16.4. The van der Waals surface area contributed by atoms with Crippen LogP contribution in [0.15, 0.2) is 33.9 Å². The van der Waals surface area contributed by atoms with E-state index in [1.165, 1.54) is 0 Å². The second kappa shape index (κ2) is 7.23. The number of aromatic nitrogens is 2. The van der Waals surface area contributed by atoms with Gasteiger partial charge in [-0.05, 0) is 38.8 Å². The molecule has 134 valence electrons. The Morgan fingerprint density at radius 3 is 2.48 bits per heavy atom. The van der Waals surface area contributed by atoms with Crippen LogP contribution in [0.3, 0.4) is 0 Å². The molecular formula is C18H24N4O3. The van der Waals surface area contributed by atoms with Gasteiger partial charge < -0.3 is 10.2 Å². The van der Waals surface area contributed by atoms with E-state index in [9.17, 15) is 14.4 Å². The van der Waals surface area contributed by atoms with Crippen molar-refractivity contribution in [1.29, 1.82) is 0 Å². The number of carbonyl (C=O) groups excluding carboxylic acids is 1. The quantitative estimate of drug-likeness (QED) is 0.854. The molecule has 0 saturated carbocycles. The van der Waals surface area contributed by atoms with Crippen LogP contribution in [0, 0.1) is 0 Å². The minimum absolute atomic E-state index is 0.116. The number of carbonyl (C=O) groups is 1. The van der Waals surface area contributed by atoms with Crippen LogP contribution in [0.25, 0.3) is 10.8 Å². The van der Waals surface area contributed by atoms with Crippen molar-refractivity contribution in [2.45, 2.75) is 45.3 Å². The first kappa shape index (κ1) is 17.4. The topological polar surface area (TPSA) is 87.2 Å². The molecule has 1 aromatic heterocycles. The number of aromatic amines is 1. The number of benzene rings is 1. The number of nitrogens with one attached hydrogen (secondary N) is 2. The Balaban J connectivity index is 1.68. The van der Waals surface area contributed by atoms with Gasteiger partial charge >= 0.3 is 0 Å². The van der Waals surface area contributed by atoms with Gasteiger partial charge in [-0.3, -0.25) is 19.5 Å². The molecule has 2 heterocycles. The lowest BCUT2D eigenvalue weighted by atomic mass is 10.0. The van der Waals surface area contributed by atoms with E-state index in [0.29, 0.717) is 16.8 Å². The maximum Gasteiger partial charge on any atom is 0.273 e. The Hall–Kier alpha value is -2.41. The lowest BCUT2D eigenvalue weighted by Gasteiger charge is -2.34. The average Bonchev–Trinajstić information content (AvgIpc) is 2.60. The lowest BCUT2D eigenvalue weighted by molar-refractivity contribution is -0.123. The third kappa shape index (κ3) is 3.82. The summed E-state index contributed by atoms with van der Waals surface area (Å²) in [4.78, 5) is 39.2. The Morgan fingerprint density at radius 1 is 1.20 bits per heavy atom. The van der Waals surface area contributed by atoms with Gasteiger partial charge in [0.05, 0.1) is 10.8 Å². The molecule has 7 nitrogen and oxygen atoms in total. The summed E-state index contributed by atoms with van der Waals surface area (Å²) in [5.74, 6) is -0.254. The van der Waals surface area contributed by atoms with Crippen LogP contribution in [0.5, 0.6) is 0 Å². The number of nitrogens with zero attached hydrogens (tertiary/aromatic N) is 2. The van der Waals surface area contributed by atoms with Crippen LogP contribution in [0.2, 0.25) is 0 Å². The monoisotopic (exact) mass is 344 g/mol. The van der Waals surface area contributed by atoms with Gasteiger partial charge in [-0.25, -0.2) is 4.68 Å². The highest BCUT2D eigenvalue weighted by molar-refractivity contribution is 5.81. The molecule has 1 aliphatic heterocycles. The summed E-state index contributed by atoms with van der Waals surface area (Å²) in [7, 11) is 0. The molecule has 0 atom stereocenters. The predicted octanol–water partition coefficient (Wildman–Crippen LogP) is 0.679. The highest BCUT2D eigenvalue weighted by Crippen LogP contribution is 2.12. The zero-order valence-corrected chi connectivity index (χ0v) is 14.6. The van der Waals surface area contributed by atoms with E-state index >= 15 is 0 Å². The first-order valence-corrected chi connectivity index (χ1v) is 8.71. The SMILES string of the molecule is CC(C)N1CCC(NC(=O)Cn2[nH]c(=O)c3ccccc3c2=O)CC1. The molecule has 7 heteroatoms. The fourth-order valence-electron chi connectivity index (χ4n) is 3.34. The molecule has 1 aliphatic rings. The van der Waals surface area contributed by atoms with Gasteiger partial charge in [-0.15, -0.1) is 0 Å². The molecule has 1 saturated heterocycles. The molecule has 2 N–H and O–H groups in total. The van der Waals surface area contributed by atoms with Crippen molar-refractivity contribution < 1.29 is 4.79 Å². The van der Waals surface area contributed by atoms with Crippen molar-refractivity contribution in [2.75, 3.05) is 13.1 Å². The maximum atomic E-state index is 12.4. The zero-order valence-electron chi connectivity index (χ0n) is 14.6. The molecule has 25 heavy (non-hydrogen) atoms.